The third-order valence-electron chi connectivity index (χ3n) is 4.77. The maximum absolute atomic E-state index is 12.5. The van der Waals surface area contributed by atoms with Gasteiger partial charge in [-0.3, -0.25) is 15.5 Å². The van der Waals surface area contributed by atoms with Crippen molar-refractivity contribution in [2.45, 2.75) is 25.7 Å². The first-order valence-electron chi connectivity index (χ1n) is 9.01. The standard InChI is InChI=1S/C21H20ClN3O4/c1-13-19(21(26)29-2)20(15-6-4-8-17(12-15)25(27)28)18(24-23-13)10-9-14-5-3-7-16(22)11-14/h3-8,11-12,20,23H,9-10H2,1-2H3. The van der Waals surface area contributed by atoms with Gasteiger partial charge in [0.05, 0.1) is 29.2 Å². The lowest BCUT2D eigenvalue weighted by atomic mass is 9.82. The van der Waals surface area contributed by atoms with Crippen molar-refractivity contribution < 1.29 is 14.5 Å². The number of aryl methyl sites for hydroxylation is 1. The van der Waals surface area contributed by atoms with E-state index in [1.54, 1.807) is 25.1 Å². The number of methoxy groups -OCH3 is 1. The molecule has 1 atom stereocenters. The molecule has 29 heavy (non-hydrogen) atoms. The van der Waals surface area contributed by atoms with E-state index in [4.69, 9.17) is 16.3 Å². The molecule has 1 aliphatic heterocycles. The molecule has 0 aromatic heterocycles. The van der Waals surface area contributed by atoms with Crippen molar-refractivity contribution in [2.24, 2.45) is 5.10 Å². The van der Waals surface area contributed by atoms with Crippen molar-refractivity contribution in [3.8, 4) is 0 Å². The van der Waals surface area contributed by atoms with Crippen LogP contribution in [0.15, 0.2) is 64.9 Å². The lowest BCUT2D eigenvalue weighted by Gasteiger charge is -2.27. The molecule has 1 aliphatic rings. The molecule has 1 heterocycles. The van der Waals surface area contributed by atoms with E-state index in [1.807, 2.05) is 18.2 Å². The van der Waals surface area contributed by atoms with Crippen LogP contribution in [-0.4, -0.2) is 23.7 Å². The number of nitrogens with one attached hydrogen (secondary N) is 1. The smallest absolute Gasteiger partial charge is 0.336 e. The summed E-state index contributed by atoms with van der Waals surface area (Å²) in [7, 11) is 1.31. The Balaban J connectivity index is 1.99. The second kappa shape index (κ2) is 8.87. The van der Waals surface area contributed by atoms with Gasteiger partial charge in [0, 0.05) is 22.9 Å². The van der Waals surface area contributed by atoms with Gasteiger partial charge in [-0.1, -0.05) is 35.9 Å². The molecule has 3 rings (SSSR count). The predicted octanol–water partition coefficient (Wildman–Crippen LogP) is 4.37. The topological polar surface area (TPSA) is 93.8 Å². The van der Waals surface area contributed by atoms with Crippen LogP contribution in [-0.2, 0) is 16.0 Å². The van der Waals surface area contributed by atoms with Gasteiger partial charge in [0.15, 0.2) is 0 Å². The first-order valence-corrected chi connectivity index (χ1v) is 9.39. The van der Waals surface area contributed by atoms with Crippen LogP contribution in [0.4, 0.5) is 5.69 Å². The van der Waals surface area contributed by atoms with E-state index in [0.29, 0.717) is 40.4 Å². The zero-order valence-corrected chi connectivity index (χ0v) is 16.8. The highest BCUT2D eigenvalue weighted by atomic mass is 35.5. The van der Waals surface area contributed by atoms with E-state index < -0.39 is 16.8 Å². The number of non-ortho nitro benzene ring substituents is 1. The molecule has 1 N–H and O–H groups in total. The van der Waals surface area contributed by atoms with Crippen LogP contribution < -0.4 is 5.43 Å². The predicted molar refractivity (Wildman–Crippen MR) is 111 cm³/mol. The third-order valence-corrected chi connectivity index (χ3v) is 5.01. The molecule has 0 radical (unpaired) electrons. The quantitative estimate of drug-likeness (QED) is 0.431. The molecule has 150 valence electrons. The minimum atomic E-state index is -0.539. The van der Waals surface area contributed by atoms with Crippen molar-refractivity contribution in [2.75, 3.05) is 7.11 Å². The Morgan fingerprint density at radius 3 is 2.69 bits per heavy atom. The SMILES string of the molecule is COC(=O)C1=C(C)NN=C(CCc2cccc(Cl)c2)C1c1cccc([N+](=O)[O-])c1. The molecule has 0 spiro atoms. The van der Waals surface area contributed by atoms with Gasteiger partial charge < -0.3 is 4.74 Å². The number of carbonyl (C=O) groups excluding carboxylic acids is 1. The Morgan fingerprint density at radius 2 is 2.00 bits per heavy atom. The first kappa shape index (κ1) is 20.5. The van der Waals surface area contributed by atoms with Crippen molar-refractivity contribution >= 4 is 29.0 Å². The van der Waals surface area contributed by atoms with E-state index in [-0.39, 0.29) is 5.69 Å². The molecule has 8 heteroatoms. The number of halogens is 1. The fraction of sp³-hybridized carbons (Fsp3) is 0.238. The van der Waals surface area contributed by atoms with Crippen LogP contribution >= 0.6 is 11.6 Å². The highest BCUT2D eigenvalue weighted by molar-refractivity contribution is 6.30. The maximum Gasteiger partial charge on any atom is 0.336 e. The first-order chi connectivity index (χ1) is 13.9. The normalized spacial score (nSPS) is 16.1. The lowest BCUT2D eigenvalue weighted by Crippen LogP contribution is -2.31. The van der Waals surface area contributed by atoms with Gasteiger partial charge in [-0.15, -0.1) is 0 Å². The van der Waals surface area contributed by atoms with Crippen LogP contribution in [0.2, 0.25) is 5.02 Å². The summed E-state index contributed by atoms with van der Waals surface area (Å²) < 4.78 is 4.97. The molecule has 0 aliphatic carbocycles. The molecular weight excluding hydrogens is 394 g/mol. The number of rotatable bonds is 6. The second-order valence-electron chi connectivity index (χ2n) is 6.66. The van der Waals surface area contributed by atoms with Crippen molar-refractivity contribution in [3.63, 3.8) is 0 Å². The molecule has 2 aromatic rings. The van der Waals surface area contributed by atoms with E-state index in [2.05, 4.69) is 10.5 Å². The largest absolute Gasteiger partial charge is 0.466 e. The number of hydrogen-bond donors (Lipinski definition) is 1. The van der Waals surface area contributed by atoms with Crippen LogP contribution in [0.1, 0.15) is 30.4 Å². The maximum atomic E-state index is 12.5. The minimum absolute atomic E-state index is 0.0444. The van der Waals surface area contributed by atoms with Crippen molar-refractivity contribution in [1.29, 1.82) is 0 Å². The summed E-state index contributed by atoms with van der Waals surface area (Å²) in [5.41, 5.74) is 6.13. The van der Waals surface area contributed by atoms with Crippen LogP contribution in [0, 0.1) is 10.1 Å². The molecular formula is C21H20ClN3O4. The molecule has 0 saturated carbocycles. The Morgan fingerprint density at radius 1 is 1.24 bits per heavy atom. The van der Waals surface area contributed by atoms with Gasteiger partial charge in [0.2, 0.25) is 0 Å². The van der Waals surface area contributed by atoms with E-state index in [1.165, 1.54) is 19.2 Å². The number of benzene rings is 2. The van der Waals surface area contributed by atoms with Crippen LogP contribution in [0.3, 0.4) is 0 Å². The van der Waals surface area contributed by atoms with Gasteiger partial charge in [-0.2, -0.15) is 5.10 Å². The fourth-order valence-corrected chi connectivity index (χ4v) is 3.60. The number of nitro benzene ring substituents is 1. The molecule has 0 fully saturated rings. The highest BCUT2D eigenvalue weighted by Crippen LogP contribution is 2.34. The minimum Gasteiger partial charge on any atom is -0.466 e. The number of hydrogen-bond acceptors (Lipinski definition) is 6. The summed E-state index contributed by atoms with van der Waals surface area (Å²) in [6.07, 6.45) is 1.19. The summed E-state index contributed by atoms with van der Waals surface area (Å²) in [6, 6.07) is 13.8. The van der Waals surface area contributed by atoms with E-state index in [9.17, 15) is 14.9 Å². The average molecular weight is 414 g/mol. The number of esters is 1. The Kier molecular flexibility index (Phi) is 6.29. The number of carbonyl (C=O) groups is 1. The van der Waals surface area contributed by atoms with E-state index >= 15 is 0 Å². The molecule has 7 nitrogen and oxygen atoms in total. The van der Waals surface area contributed by atoms with Gasteiger partial charge in [0.1, 0.15) is 0 Å². The number of allylic oxidation sites excluding steroid dienone is 1. The fourth-order valence-electron chi connectivity index (χ4n) is 3.39. The van der Waals surface area contributed by atoms with Crippen molar-refractivity contribution in [1.82, 2.24) is 5.43 Å². The Labute approximate surface area is 173 Å². The summed E-state index contributed by atoms with van der Waals surface area (Å²) in [5.74, 6) is -1.04. The van der Waals surface area contributed by atoms with Gasteiger partial charge in [-0.05, 0) is 43.0 Å². The van der Waals surface area contributed by atoms with Crippen molar-refractivity contribution in [3.05, 3.63) is 86.1 Å². The number of nitrogens with zero attached hydrogens (tertiary/aromatic N) is 2. The summed E-state index contributed by atoms with van der Waals surface area (Å²) >= 11 is 6.07. The zero-order chi connectivity index (χ0) is 21.0. The Hall–Kier alpha value is -3.19. The monoisotopic (exact) mass is 413 g/mol. The summed E-state index contributed by atoms with van der Waals surface area (Å²) in [6.45, 7) is 1.73. The molecule has 2 aromatic carbocycles. The van der Waals surface area contributed by atoms with Crippen LogP contribution in [0.5, 0.6) is 0 Å². The van der Waals surface area contributed by atoms with Crippen LogP contribution in [0.25, 0.3) is 0 Å². The summed E-state index contributed by atoms with van der Waals surface area (Å²) in [4.78, 5) is 23.3. The second-order valence-corrected chi connectivity index (χ2v) is 7.10. The average Bonchev–Trinajstić information content (AvgIpc) is 2.72. The molecule has 0 amide bonds. The Bertz CT molecular complexity index is 1020. The van der Waals surface area contributed by atoms with E-state index in [0.717, 1.165) is 5.56 Å². The number of ether oxygens (including phenoxy) is 1. The third kappa shape index (κ3) is 4.63. The zero-order valence-electron chi connectivity index (χ0n) is 16.0. The van der Waals surface area contributed by atoms with Gasteiger partial charge in [-0.25, -0.2) is 4.79 Å². The number of hydrazone groups is 1. The van der Waals surface area contributed by atoms with Gasteiger partial charge >= 0.3 is 5.97 Å². The lowest BCUT2D eigenvalue weighted by molar-refractivity contribution is -0.384. The number of nitro groups is 1. The molecule has 0 bridgehead atoms. The van der Waals surface area contributed by atoms with Gasteiger partial charge in [0.25, 0.3) is 5.69 Å². The summed E-state index contributed by atoms with van der Waals surface area (Å²) in [5, 5.41) is 16.3. The molecule has 0 saturated heterocycles. The highest BCUT2D eigenvalue weighted by Gasteiger charge is 2.33. The molecule has 1 unspecified atom stereocenters.